The molecule has 0 aliphatic heterocycles. The first-order chi connectivity index (χ1) is 10.0. The van der Waals surface area contributed by atoms with Crippen molar-refractivity contribution in [2.24, 2.45) is 0 Å². The molecule has 0 aromatic carbocycles. The van der Waals surface area contributed by atoms with E-state index >= 15 is 0 Å². The summed E-state index contributed by atoms with van der Waals surface area (Å²) in [4.78, 5) is 2.65. The average molecular weight is 301 g/mol. The summed E-state index contributed by atoms with van der Waals surface area (Å²) in [7, 11) is 0. The Balaban J connectivity index is 3.65. The van der Waals surface area contributed by atoms with Gasteiger partial charge in [-0.3, -0.25) is 5.32 Å². The topological polar surface area (TPSA) is 35.5 Å². The molecule has 0 heterocycles. The van der Waals surface area contributed by atoms with Gasteiger partial charge in [0, 0.05) is 12.1 Å². The van der Waals surface area contributed by atoms with Crippen LogP contribution in [0.1, 0.15) is 86.0 Å². The van der Waals surface area contributed by atoms with Crippen molar-refractivity contribution in [3.8, 4) is 0 Å². The highest BCUT2D eigenvalue weighted by Crippen LogP contribution is 2.10. The summed E-state index contributed by atoms with van der Waals surface area (Å²) in [5.41, 5.74) is 0. The number of unbranched alkanes of at least 4 members (excludes halogenated alkanes) is 4. The Morgan fingerprint density at radius 1 is 0.905 bits per heavy atom. The van der Waals surface area contributed by atoms with Crippen molar-refractivity contribution < 1.29 is 5.11 Å². The Morgan fingerprint density at radius 3 is 2.10 bits per heavy atom. The molecule has 0 saturated carbocycles. The fourth-order valence-corrected chi connectivity index (χ4v) is 2.65. The van der Waals surface area contributed by atoms with Gasteiger partial charge >= 0.3 is 0 Å². The summed E-state index contributed by atoms with van der Waals surface area (Å²) >= 11 is 0. The lowest BCUT2D eigenvalue weighted by atomic mass is 10.1. The summed E-state index contributed by atoms with van der Waals surface area (Å²) in [6.07, 6.45) is 9.34. The van der Waals surface area contributed by atoms with Crippen LogP contribution in [0.3, 0.4) is 0 Å². The molecule has 0 spiro atoms. The molecule has 0 aromatic heterocycles. The van der Waals surface area contributed by atoms with E-state index in [0.29, 0.717) is 12.1 Å². The van der Waals surface area contributed by atoms with Gasteiger partial charge in [0.05, 0.1) is 0 Å². The highest BCUT2D eigenvalue weighted by molar-refractivity contribution is 4.66. The second kappa shape index (κ2) is 13.5. The molecule has 0 aliphatic rings. The van der Waals surface area contributed by atoms with Crippen molar-refractivity contribution in [2.45, 2.75) is 104 Å². The molecule has 0 bridgehead atoms. The molecule has 1 unspecified atom stereocenters. The third-order valence-electron chi connectivity index (χ3n) is 4.21. The van der Waals surface area contributed by atoms with E-state index < -0.39 is 0 Å². The molecular weight excluding hydrogens is 260 g/mol. The van der Waals surface area contributed by atoms with Gasteiger partial charge in [-0.05, 0) is 66.0 Å². The molecule has 0 fully saturated rings. The highest BCUT2D eigenvalue weighted by Gasteiger charge is 2.10. The van der Waals surface area contributed by atoms with Gasteiger partial charge in [0.25, 0.3) is 0 Å². The first-order valence-electron chi connectivity index (χ1n) is 9.19. The quantitative estimate of drug-likeness (QED) is 0.373. The Morgan fingerprint density at radius 2 is 1.52 bits per heavy atom. The number of hydrogen-bond acceptors (Lipinski definition) is 3. The van der Waals surface area contributed by atoms with Gasteiger partial charge in [-0.1, -0.05) is 33.1 Å². The summed E-state index contributed by atoms with van der Waals surface area (Å²) in [6.45, 7) is 13.5. The molecule has 128 valence electrons. The first kappa shape index (κ1) is 20.9. The SMILES string of the molecule is CCCCN(CCCCCCC(O)NC(C)C)[C@@H](C)CC. The summed E-state index contributed by atoms with van der Waals surface area (Å²) in [6, 6.07) is 1.08. The lowest BCUT2D eigenvalue weighted by Gasteiger charge is -2.28. The first-order valence-corrected chi connectivity index (χ1v) is 9.19. The van der Waals surface area contributed by atoms with E-state index in [1.54, 1.807) is 0 Å². The normalized spacial score (nSPS) is 14.9. The van der Waals surface area contributed by atoms with Crippen LogP contribution in [-0.4, -0.2) is 41.4 Å². The third kappa shape index (κ3) is 12.1. The van der Waals surface area contributed by atoms with Crippen molar-refractivity contribution in [1.82, 2.24) is 10.2 Å². The molecular formula is C18H40N2O. The fourth-order valence-electron chi connectivity index (χ4n) is 2.65. The van der Waals surface area contributed by atoms with E-state index in [-0.39, 0.29) is 6.23 Å². The van der Waals surface area contributed by atoms with E-state index in [1.807, 2.05) is 0 Å². The van der Waals surface area contributed by atoms with Crippen LogP contribution in [-0.2, 0) is 0 Å². The predicted molar refractivity (Wildman–Crippen MR) is 93.6 cm³/mol. The monoisotopic (exact) mass is 300 g/mol. The zero-order valence-electron chi connectivity index (χ0n) is 15.2. The minimum Gasteiger partial charge on any atom is -0.379 e. The van der Waals surface area contributed by atoms with Crippen LogP contribution in [0.15, 0.2) is 0 Å². The van der Waals surface area contributed by atoms with Crippen molar-refractivity contribution in [2.75, 3.05) is 13.1 Å². The largest absolute Gasteiger partial charge is 0.379 e. The van der Waals surface area contributed by atoms with Crippen molar-refractivity contribution >= 4 is 0 Å². The molecule has 0 radical (unpaired) electrons. The maximum Gasteiger partial charge on any atom is 0.105 e. The number of hydrogen-bond donors (Lipinski definition) is 2. The zero-order valence-corrected chi connectivity index (χ0v) is 15.2. The molecule has 3 nitrogen and oxygen atoms in total. The van der Waals surface area contributed by atoms with E-state index in [1.165, 1.54) is 51.6 Å². The van der Waals surface area contributed by atoms with E-state index in [4.69, 9.17) is 0 Å². The number of aliphatic hydroxyl groups excluding tert-OH is 1. The van der Waals surface area contributed by atoms with Crippen LogP contribution >= 0.6 is 0 Å². The predicted octanol–water partition coefficient (Wildman–Crippen LogP) is 4.15. The molecule has 0 saturated heterocycles. The Hall–Kier alpha value is -0.120. The molecule has 3 heteroatoms. The van der Waals surface area contributed by atoms with Crippen molar-refractivity contribution in [3.05, 3.63) is 0 Å². The van der Waals surface area contributed by atoms with Crippen LogP contribution in [0.5, 0.6) is 0 Å². The minimum atomic E-state index is -0.328. The van der Waals surface area contributed by atoms with Gasteiger partial charge in [-0.2, -0.15) is 0 Å². The van der Waals surface area contributed by atoms with Crippen LogP contribution in [0.2, 0.25) is 0 Å². The van der Waals surface area contributed by atoms with Gasteiger partial charge in [0.2, 0.25) is 0 Å². The summed E-state index contributed by atoms with van der Waals surface area (Å²) < 4.78 is 0. The highest BCUT2D eigenvalue weighted by atomic mass is 16.3. The Bertz CT molecular complexity index is 221. The second-order valence-electron chi connectivity index (χ2n) is 6.69. The molecule has 0 rings (SSSR count). The van der Waals surface area contributed by atoms with Crippen LogP contribution in [0, 0.1) is 0 Å². The Labute approximate surface area is 133 Å². The van der Waals surface area contributed by atoms with Crippen LogP contribution < -0.4 is 5.32 Å². The molecule has 2 atom stereocenters. The fraction of sp³-hybridized carbons (Fsp3) is 1.00. The van der Waals surface area contributed by atoms with Gasteiger partial charge < -0.3 is 10.0 Å². The number of nitrogens with one attached hydrogen (secondary N) is 1. The molecule has 0 aliphatic carbocycles. The average Bonchev–Trinajstić information content (AvgIpc) is 2.44. The van der Waals surface area contributed by atoms with Crippen molar-refractivity contribution in [3.63, 3.8) is 0 Å². The van der Waals surface area contributed by atoms with E-state index in [2.05, 4.69) is 44.8 Å². The van der Waals surface area contributed by atoms with Gasteiger partial charge in [0.15, 0.2) is 0 Å². The molecule has 0 amide bonds. The standard InChI is InChI=1S/C18H40N2O/c1-6-8-14-20(17(5)7-2)15-12-10-9-11-13-18(21)19-16(3)4/h16-19,21H,6-15H2,1-5H3/t17-,18?/m0/s1. The third-order valence-corrected chi connectivity index (χ3v) is 4.21. The van der Waals surface area contributed by atoms with Gasteiger partial charge in [-0.15, -0.1) is 0 Å². The molecule has 2 N–H and O–H groups in total. The molecule has 0 aromatic rings. The number of rotatable bonds is 14. The van der Waals surface area contributed by atoms with Crippen LogP contribution in [0.4, 0.5) is 0 Å². The summed E-state index contributed by atoms with van der Waals surface area (Å²) in [5, 5.41) is 12.9. The van der Waals surface area contributed by atoms with Crippen LogP contribution in [0.25, 0.3) is 0 Å². The zero-order chi connectivity index (χ0) is 16.1. The van der Waals surface area contributed by atoms with E-state index in [9.17, 15) is 5.11 Å². The summed E-state index contributed by atoms with van der Waals surface area (Å²) in [5.74, 6) is 0. The van der Waals surface area contributed by atoms with E-state index in [0.717, 1.165) is 12.8 Å². The maximum atomic E-state index is 9.75. The van der Waals surface area contributed by atoms with Crippen molar-refractivity contribution in [1.29, 1.82) is 0 Å². The molecule has 21 heavy (non-hydrogen) atoms. The number of nitrogens with zero attached hydrogens (tertiary/aromatic N) is 1. The lowest BCUT2D eigenvalue weighted by Crippen LogP contribution is -2.34. The second-order valence-corrected chi connectivity index (χ2v) is 6.69. The van der Waals surface area contributed by atoms with Gasteiger partial charge in [-0.25, -0.2) is 0 Å². The minimum absolute atomic E-state index is 0.328. The number of aliphatic hydroxyl groups is 1. The van der Waals surface area contributed by atoms with Gasteiger partial charge in [0.1, 0.15) is 6.23 Å². The Kier molecular flexibility index (Phi) is 13.5. The smallest absolute Gasteiger partial charge is 0.105 e. The maximum absolute atomic E-state index is 9.75. The lowest BCUT2D eigenvalue weighted by molar-refractivity contribution is 0.115.